The van der Waals surface area contributed by atoms with Gasteiger partial charge in [-0.25, -0.2) is 4.79 Å². The van der Waals surface area contributed by atoms with Crippen LogP contribution in [0, 0.1) is 6.92 Å². The summed E-state index contributed by atoms with van der Waals surface area (Å²) in [6, 6.07) is 0.142. The molecule has 3 rings (SSSR count). The van der Waals surface area contributed by atoms with Gasteiger partial charge >= 0.3 is 5.97 Å². The molecule has 0 spiro atoms. The zero-order valence-electron chi connectivity index (χ0n) is 15.7. The highest BCUT2D eigenvalue weighted by molar-refractivity contribution is 5.88. The van der Waals surface area contributed by atoms with Crippen molar-refractivity contribution in [1.82, 2.24) is 14.7 Å². The van der Waals surface area contributed by atoms with Gasteiger partial charge < -0.3 is 14.7 Å². The molecule has 0 bridgehead atoms. The molecule has 2 aliphatic rings. The molecule has 1 saturated heterocycles. The molecule has 1 saturated carbocycles. The van der Waals surface area contributed by atoms with E-state index in [1.54, 1.807) is 11.6 Å². The second-order valence-electron chi connectivity index (χ2n) is 7.39. The van der Waals surface area contributed by atoms with Crippen molar-refractivity contribution < 1.29 is 19.4 Å². The third-order valence-corrected chi connectivity index (χ3v) is 5.70. The van der Waals surface area contributed by atoms with Crippen LogP contribution in [0.5, 0.6) is 0 Å². The molecule has 7 heteroatoms. The zero-order chi connectivity index (χ0) is 18.7. The van der Waals surface area contributed by atoms with E-state index in [1.807, 2.05) is 11.8 Å². The van der Waals surface area contributed by atoms with Crippen molar-refractivity contribution in [2.75, 3.05) is 13.1 Å². The van der Waals surface area contributed by atoms with Crippen LogP contribution < -0.4 is 0 Å². The monoisotopic (exact) mass is 363 g/mol. The summed E-state index contributed by atoms with van der Waals surface area (Å²) in [5, 5.41) is 13.4. The minimum absolute atomic E-state index is 0.0984. The number of carbonyl (C=O) groups excluding carboxylic acids is 1. The average Bonchev–Trinajstić information content (AvgIpc) is 3.28. The van der Waals surface area contributed by atoms with Crippen molar-refractivity contribution in [3.63, 3.8) is 0 Å². The maximum absolute atomic E-state index is 12.8. The fourth-order valence-electron chi connectivity index (χ4n) is 4.12. The van der Waals surface area contributed by atoms with Gasteiger partial charge in [0.1, 0.15) is 11.7 Å². The Morgan fingerprint density at radius 2 is 1.92 bits per heavy atom. The highest BCUT2D eigenvalue weighted by Gasteiger charge is 2.31. The number of likely N-dealkylation sites (tertiary alicyclic amines) is 1. The largest absolute Gasteiger partial charge is 0.478 e. The highest BCUT2D eigenvalue weighted by Crippen LogP contribution is 2.27. The molecule has 1 atom stereocenters. The lowest BCUT2D eigenvalue weighted by molar-refractivity contribution is -0.149. The summed E-state index contributed by atoms with van der Waals surface area (Å²) < 4.78 is 7.87. The molecule has 26 heavy (non-hydrogen) atoms. The minimum atomic E-state index is -0.948. The van der Waals surface area contributed by atoms with Gasteiger partial charge in [0.25, 0.3) is 5.91 Å². The molecule has 0 radical (unpaired) electrons. The third-order valence-electron chi connectivity index (χ3n) is 5.70. The molecule has 144 valence electrons. The second kappa shape index (κ2) is 8.20. The Balaban J connectivity index is 1.57. The quantitative estimate of drug-likeness (QED) is 0.840. The van der Waals surface area contributed by atoms with Crippen LogP contribution >= 0.6 is 0 Å². The van der Waals surface area contributed by atoms with E-state index < -0.39 is 5.97 Å². The van der Waals surface area contributed by atoms with Crippen molar-refractivity contribution in [2.45, 2.75) is 77.0 Å². The standard InChI is InChI=1S/C19H29N3O4/c1-3-17(26-15-6-4-5-7-15)18(23)21-10-8-14(9-11-21)22-13(2)16(12-20-22)19(24)25/h12,14-15,17H,3-11H2,1-2H3,(H,24,25). The molecule has 1 aliphatic heterocycles. The lowest BCUT2D eigenvalue weighted by Gasteiger charge is -2.35. The molecule has 1 aromatic heterocycles. The summed E-state index contributed by atoms with van der Waals surface area (Å²) in [6.07, 6.45) is 8.12. The molecule has 1 aromatic rings. The van der Waals surface area contributed by atoms with Crippen LogP contribution in [0.25, 0.3) is 0 Å². The van der Waals surface area contributed by atoms with E-state index in [2.05, 4.69) is 5.10 Å². The Bertz CT molecular complexity index is 643. The topological polar surface area (TPSA) is 84.7 Å². The normalized spacial score (nSPS) is 20.5. The summed E-state index contributed by atoms with van der Waals surface area (Å²) in [5.41, 5.74) is 0.929. The van der Waals surface area contributed by atoms with Crippen molar-refractivity contribution >= 4 is 11.9 Å². The van der Waals surface area contributed by atoms with E-state index in [4.69, 9.17) is 4.74 Å². The van der Waals surface area contributed by atoms with Crippen LogP contribution in [0.1, 0.15) is 74.0 Å². The van der Waals surface area contributed by atoms with Gasteiger partial charge in [-0.15, -0.1) is 0 Å². The molecule has 1 aliphatic carbocycles. The van der Waals surface area contributed by atoms with Crippen LogP contribution in [0.15, 0.2) is 6.20 Å². The fourth-order valence-corrected chi connectivity index (χ4v) is 4.12. The molecule has 1 N–H and O–H groups in total. The number of amides is 1. The number of nitrogens with zero attached hydrogens (tertiary/aromatic N) is 3. The van der Waals surface area contributed by atoms with Gasteiger partial charge in [-0.2, -0.15) is 5.10 Å². The third kappa shape index (κ3) is 3.92. The van der Waals surface area contributed by atoms with Gasteiger partial charge in [-0.3, -0.25) is 9.48 Å². The summed E-state index contributed by atoms with van der Waals surface area (Å²) in [6.45, 7) is 5.12. The Kier molecular flexibility index (Phi) is 5.96. The molecule has 1 amide bonds. The van der Waals surface area contributed by atoms with Crippen LogP contribution in [0.2, 0.25) is 0 Å². The number of hydrogen-bond acceptors (Lipinski definition) is 4. The first-order chi connectivity index (χ1) is 12.5. The summed E-state index contributed by atoms with van der Waals surface area (Å²) in [7, 11) is 0. The first-order valence-electron chi connectivity index (χ1n) is 9.73. The molecule has 1 unspecified atom stereocenters. The number of rotatable bonds is 6. The van der Waals surface area contributed by atoms with Gasteiger partial charge in [0.2, 0.25) is 0 Å². The van der Waals surface area contributed by atoms with Crippen molar-refractivity contribution in [3.8, 4) is 0 Å². The minimum Gasteiger partial charge on any atom is -0.478 e. The molecule has 2 fully saturated rings. The maximum Gasteiger partial charge on any atom is 0.339 e. The van der Waals surface area contributed by atoms with Crippen LogP contribution in [0.3, 0.4) is 0 Å². The van der Waals surface area contributed by atoms with Crippen molar-refractivity contribution in [3.05, 3.63) is 17.5 Å². The highest BCUT2D eigenvalue weighted by atomic mass is 16.5. The van der Waals surface area contributed by atoms with Crippen molar-refractivity contribution in [1.29, 1.82) is 0 Å². The zero-order valence-corrected chi connectivity index (χ0v) is 15.7. The molecule has 0 aromatic carbocycles. The van der Waals surface area contributed by atoms with Gasteiger partial charge in [0.15, 0.2) is 0 Å². The van der Waals surface area contributed by atoms with E-state index in [1.165, 1.54) is 19.0 Å². The predicted octanol–water partition coefficient (Wildman–Crippen LogP) is 2.79. The van der Waals surface area contributed by atoms with Gasteiger partial charge in [-0.05, 0) is 39.0 Å². The van der Waals surface area contributed by atoms with E-state index >= 15 is 0 Å². The second-order valence-corrected chi connectivity index (χ2v) is 7.39. The maximum atomic E-state index is 12.8. The van der Waals surface area contributed by atoms with Crippen molar-refractivity contribution in [2.24, 2.45) is 0 Å². The summed E-state index contributed by atoms with van der Waals surface area (Å²) >= 11 is 0. The first-order valence-corrected chi connectivity index (χ1v) is 9.73. The molecular formula is C19H29N3O4. The number of hydrogen-bond donors (Lipinski definition) is 1. The Labute approximate surface area is 154 Å². The Hall–Kier alpha value is -1.89. The SMILES string of the molecule is CCC(OC1CCCC1)C(=O)N1CCC(n2ncc(C(=O)O)c2C)CC1. The number of ether oxygens (including phenoxy) is 1. The number of carboxylic acid groups (broad SMARTS) is 1. The summed E-state index contributed by atoms with van der Waals surface area (Å²) in [5.74, 6) is -0.850. The number of carbonyl (C=O) groups is 2. The lowest BCUT2D eigenvalue weighted by atomic mass is 10.0. The molecule has 7 nitrogen and oxygen atoms in total. The van der Waals surface area contributed by atoms with E-state index in [0.717, 1.165) is 25.7 Å². The summed E-state index contributed by atoms with van der Waals surface area (Å²) in [4.78, 5) is 25.9. The van der Waals surface area contributed by atoms with Crippen LogP contribution in [-0.4, -0.2) is 57.0 Å². The average molecular weight is 363 g/mol. The van der Waals surface area contributed by atoms with Crippen LogP contribution in [-0.2, 0) is 9.53 Å². The number of carboxylic acids is 1. The van der Waals surface area contributed by atoms with Crippen LogP contribution in [0.4, 0.5) is 0 Å². The van der Waals surface area contributed by atoms with Gasteiger partial charge in [0, 0.05) is 13.1 Å². The molecule has 2 heterocycles. The van der Waals surface area contributed by atoms with Gasteiger partial charge in [0.05, 0.1) is 24.0 Å². The Morgan fingerprint density at radius 1 is 1.27 bits per heavy atom. The van der Waals surface area contributed by atoms with E-state index in [9.17, 15) is 14.7 Å². The molecular weight excluding hydrogens is 334 g/mol. The number of aromatic nitrogens is 2. The lowest BCUT2D eigenvalue weighted by Crippen LogP contribution is -2.45. The van der Waals surface area contributed by atoms with E-state index in [-0.39, 0.29) is 29.7 Å². The van der Waals surface area contributed by atoms with E-state index in [0.29, 0.717) is 25.2 Å². The fraction of sp³-hybridized carbons (Fsp3) is 0.737. The first kappa shape index (κ1) is 18.9. The number of piperidine rings is 1. The predicted molar refractivity (Wildman–Crippen MR) is 96.2 cm³/mol. The Morgan fingerprint density at radius 3 is 2.46 bits per heavy atom. The number of aromatic carboxylic acids is 1. The van der Waals surface area contributed by atoms with Gasteiger partial charge in [-0.1, -0.05) is 19.8 Å². The smallest absolute Gasteiger partial charge is 0.339 e.